The van der Waals surface area contributed by atoms with Gasteiger partial charge >= 0.3 is 0 Å². The summed E-state index contributed by atoms with van der Waals surface area (Å²) in [6.07, 6.45) is 3.26. The molecular formula is C10H16N4O3. The van der Waals surface area contributed by atoms with Crippen molar-refractivity contribution in [1.29, 1.82) is 0 Å². The second-order valence-electron chi connectivity index (χ2n) is 4.02. The predicted molar refractivity (Wildman–Crippen MR) is 57.9 cm³/mol. The lowest BCUT2D eigenvalue weighted by Gasteiger charge is -2.22. The number of rotatable bonds is 4. The molecule has 0 atom stereocenters. The number of ether oxygens (including phenoxy) is 1. The van der Waals surface area contributed by atoms with E-state index in [1.807, 2.05) is 0 Å². The zero-order chi connectivity index (χ0) is 12.1. The van der Waals surface area contributed by atoms with Crippen molar-refractivity contribution in [2.45, 2.75) is 32.0 Å². The Bertz CT molecular complexity index is 373. The Morgan fingerprint density at radius 2 is 2.35 bits per heavy atom. The number of carbonyl (C=O) groups excluding carboxylic acids is 1. The first-order valence-electron chi connectivity index (χ1n) is 5.65. The molecule has 17 heavy (non-hydrogen) atoms. The van der Waals surface area contributed by atoms with E-state index in [0.29, 0.717) is 18.9 Å². The lowest BCUT2D eigenvalue weighted by Crippen LogP contribution is -2.40. The Morgan fingerprint density at radius 1 is 1.59 bits per heavy atom. The number of hydrogen-bond acceptors (Lipinski definition) is 5. The summed E-state index contributed by atoms with van der Waals surface area (Å²) in [4.78, 5) is 11.7. The normalized spacial score (nSPS) is 17.0. The minimum Gasteiger partial charge on any atom is -0.390 e. The predicted octanol–water partition coefficient (Wildman–Crippen LogP) is -0.934. The molecule has 1 saturated heterocycles. The number of nitrogens with zero attached hydrogens (tertiary/aromatic N) is 3. The van der Waals surface area contributed by atoms with Crippen LogP contribution in [0.3, 0.4) is 0 Å². The first-order valence-corrected chi connectivity index (χ1v) is 5.65. The van der Waals surface area contributed by atoms with E-state index in [1.165, 1.54) is 4.68 Å². The third-order valence-corrected chi connectivity index (χ3v) is 2.64. The fourth-order valence-corrected chi connectivity index (χ4v) is 1.75. The second kappa shape index (κ2) is 5.74. The largest absolute Gasteiger partial charge is 0.390 e. The molecule has 1 aliphatic rings. The standard InChI is InChI=1S/C10H16N4O3/c15-7-9-5-14(13-12-9)6-10(16)11-8-1-3-17-4-2-8/h5,8,15H,1-4,6-7H2,(H,11,16). The van der Waals surface area contributed by atoms with Gasteiger partial charge in [-0.2, -0.15) is 0 Å². The molecule has 0 spiro atoms. The number of carbonyl (C=O) groups is 1. The van der Waals surface area contributed by atoms with Gasteiger partial charge in [-0.3, -0.25) is 4.79 Å². The minimum absolute atomic E-state index is 0.0914. The average Bonchev–Trinajstić information content (AvgIpc) is 2.78. The summed E-state index contributed by atoms with van der Waals surface area (Å²) >= 11 is 0. The SMILES string of the molecule is O=C(Cn1cc(CO)nn1)NC1CCOCC1. The van der Waals surface area contributed by atoms with Gasteiger partial charge < -0.3 is 15.2 Å². The van der Waals surface area contributed by atoms with Gasteiger partial charge in [-0.05, 0) is 12.8 Å². The van der Waals surface area contributed by atoms with Gasteiger partial charge in [-0.15, -0.1) is 5.10 Å². The van der Waals surface area contributed by atoms with Crippen molar-refractivity contribution in [3.8, 4) is 0 Å². The van der Waals surface area contributed by atoms with Crippen LogP contribution in [0.25, 0.3) is 0 Å². The average molecular weight is 240 g/mol. The van der Waals surface area contributed by atoms with Crippen LogP contribution >= 0.6 is 0 Å². The molecule has 2 heterocycles. The van der Waals surface area contributed by atoms with Crippen molar-refractivity contribution in [3.05, 3.63) is 11.9 Å². The van der Waals surface area contributed by atoms with E-state index < -0.39 is 0 Å². The fourth-order valence-electron chi connectivity index (χ4n) is 1.75. The van der Waals surface area contributed by atoms with Gasteiger partial charge in [-0.1, -0.05) is 5.21 Å². The van der Waals surface area contributed by atoms with Crippen molar-refractivity contribution in [1.82, 2.24) is 20.3 Å². The van der Waals surface area contributed by atoms with E-state index in [2.05, 4.69) is 15.6 Å². The summed E-state index contributed by atoms with van der Waals surface area (Å²) < 4.78 is 6.63. The first-order chi connectivity index (χ1) is 8.28. The highest BCUT2D eigenvalue weighted by atomic mass is 16.5. The zero-order valence-corrected chi connectivity index (χ0v) is 9.50. The van der Waals surface area contributed by atoms with Gasteiger partial charge in [0.2, 0.25) is 5.91 Å². The highest BCUT2D eigenvalue weighted by Gasteiger charge is 2.16. The fraction of sp³-hybridized carbons (Fsp3) is 0.700. The summed E-state index contributed by atoms with van der Waals surface area (Å²) in [6.45, 7) is 1.36. The first kappa shape index (κ1) is 12.0. The van der Waals surface area contributed by atoms with Crippen LogP contribution < -0.4 is 5.32 Å². The molecule has 0 aromatic carbocycles. The quantitative estimate of drug-likeness (QED) is 0.709. The summed E-state index contributed by atoms with van der Waals surface area (Å²) in [6, 6.07) is 0.192. The molecule has 94 valence electrons. The Labute approximate surface area is 98.8 Å². The second-order valence-corrected chi connectivity index (χ2v) is 4.02. The van der Waals surface area contributed by atoms with Gasteiger partial charge in [0.25, 0.3) is 0 Å². The van der Waals surface area contributed by atoms with Gasteiger partial charge in [0.15, 0.2) is 0 Å². The van der Waals surface area contributed by atoms with E-state index in [9.17, 15) is 4.79 Å². The molecule has 7 heteroatoms. The smallest absolute Gasteiger partial charge is 0.242 e. The van der Waals surface area contributed by atoms with Crippen molar-refractivity contribution in [2.24, 2.45) is 0 Å². The van der Waals surface area contributed by atoms with Crippen LogP contribution in [-0.4, -0.2) is 45.3 Å². The lowest BCUT2D eigenvalue weighted by molar-refractivity contribution is -0.123. The molecule has 0 radical (unpaired) electrons. The third kappa shape index (κ3) is 3.50. The van der Waals surface area contributed by atoms with Crippen LogP contribution in [0.5, 0.6) is 0 Å². The van der Waals surface area contributed by atoms with E-state index in [1.54, 1.807) is 6.20 Å². The lowest BCUT2D eigenvalue weighted by atomic mass is 10.1. The maximum Gasteiger partial charge on any atom is 0.242 e. The van der Waals surface area contributed by atoms with Crippen LogP contribution in [0, 0.1) is 0 Å². The number of aliphatic hydroxyl groups is 1. The van der Waals surface area contributed by atoms with Crippen LogP contribution in [-0.2, 0) is 22.7 Å². The number of amides is 1. The molecule has 0 bridgehead atoms. The van der Waals surface area contributed by atoms with Crippen molar-refractivity contribution in [2.75, 3.05) is 13.2 Å². The zero-order valence-electron chi connectivity index (χ0n) is 9.50. The Balaban J connectivity index is 1.79. The molecule has 1 aromatic heterocycles. The molecule has 0 unspecified atom stereocenters. The van der Waals surface area contributed by atoms with E-state index in [4.69, 9.17) is 9.84 Å². The highest BCUT2D eigenvalue weighted by Crippen LogP contribution is 2.05. The minimum atomic E-state index is -0.165. The van der Waals surface area contributed by atoms with Gasteiger partial charge in [0.05, 0.1) is 12.8 Å². The summed E-state index contributed by atoms with van der Waals surface area (Å²) in [7, 11) is 0. The number of aromatic nitrogens is 3. The number of nitrogens with one attached hydrogen (secondary N) is 1. The maximum absolute atomic E-state index is 11.7. The molecule has 0 aliphatic carbocycles. The molecule has 2 N–H and O–H groups in total. The van der Waals surface area contributed by atoms with Crippen molar-refractivity contribution >= 4 is 5.91 Å². The summed E-state index contributed by atoms with van der Waals surface area (Å²) in [5, 5.41) is 19.2. The molecule has 7 nitrogen and oxygen atoms in total. The van der Waals surface area contributed by atoms with Crippen LogP contribution in [0.4, 0.5) is 0 Å². The van der Waals surface area contributed by atoms with Gasteiger partial charge in [0, 0.05) is 19.3 Å². The van der Waals surface area contributed by atoms with Crippen LogP contribution in [0.15, 0.2) is 6.20 Å². The Morgan fingerprint density at radius 3 is 3.00 bits per heavy atom. The topological polar surface area (TPSA) is 89.3 Å². The molecule has 2 rings (SSSR count). The molecule has 1 amide bonds. The van der Waals surface area contributed by atoms with Crippen LogP contribution in [0.1, 0.15) is 18.5 Å². The van der Waals surface area contributed by atoms with Crippen molar-refractivity contribution in [3.63, 3.8) is 0 Å². The molecular weight excluding hydrogens is 224 g/mol. The van der Waals surface area contributed by atoms with Gasteiger partial charge in [-0.25, -0.2) is 4.68 Å². The maximum atomic E-state index is 11.7. The Kier molecular flexibility index (Phi) is 4.05. The molecule has 1 aromatic rings. The number of hydrogen-bond donors (Lipinski definition) is 2. The summed E-state index contributed by atoms with van der Waals surface area (Å²) in [5.74, 6) is -0.0914. The molecule has 1 aliphatic heterocycles. The van der Waals surface area contributed by atoms with E-state index in [-0.39, 0.29) is 25.1 Å². The molecule has 0 saturated carbocycles. The molecule has 1 fully saturated rings. The Hall–Kier alpha value is -1.47. The third-order valence-electron chi connectivity index (χ3n) is 2.64. The monoisotopic (exact) mass is 240 g/mol. The number of aliphatic hydroxyl groups excluding tert-OH is 1. The van der Waals surface area contributed by atoms with E-state index >= 15 is 0 Å². The van der Waals surface area contributed by atoms with Gasteiger partial charge in [0.1, 0.15) is 12.2 Å². The van der Waals surface area contributed by atoms with Crippen molar-refractivity contribution < 1.29 is 14.6 Å². The summed E-state index contributed by atoms with van der Waals surface area (Å²) in [5.41, 5.74) is 0.462. The highest BCUT2D eigenvalue weighted by molar-refractivity contribution is 5.75. The van der Waals surface area contributed by atoms with Crippen LogP contribution in [0.2, 0.25) is 0 Å². The van der Waals surface area contributed by atoms with E-state index in [0.717, 1.165) is 12.8 Å².